The van der Waals surface area contributed by atoms with Gasteiger partial charge in [0.15, 0.2) is 11.5 Å². The summed E-state index contributed by atoms with van der Waals surface area (Å²) in [5, 5.41) is 12.6. The molecule has 0 heterocycles. The molecule has 18 heavy (non-hydrogen) atoms. The number of nitrogens with one attached hydrogen (secondary N) is 1. The molecule has 0 saturated carbocycles. The van der Waals surface area contributed by atoms with Crippen LogP contribution >= 0.6 is 0 Å². The Hall–Kier alpha value is -1.75. The van der Waals surface area contributed by atoms with E-state index in [1.54, 1.807) is 31.1 Å². The normalized spacial score (nSPS) is 10.2. The molecule has 100 valence electrons. The highest BCUT2D eigenvalue weighted by atomic mass is 16.5. The molecule has 0 radical (unpaired) electrons. The molecule has 0 aliphatic rings. The van der Waals surface area contributed by atoms with Crippen molar-refractivity contribution in [1.82, 2.24) is 10.2 Å². The number of phenols is 1. The summed E-state index contributed by atoms with van der Waals surface area (Å²) in [5.74, 6) is 0.688. The first-order valence-corrected chi connectivity index (χ1v) is 5.81. The van der Waals surface area contributed by atoms with Gasteiger partial charge in [-0.15, -0.1) is 0 Å². The minimum atomic E-state index is 0.103. The Labute approximate surface area is 107 Å². The summed E-state index contributed by atoms with van der Waals surface area (Å²) in [6.07, 6.45) is 0.474. The largest absolute Gasteiger partial charge is 0.504 e. The molecule has 2 N–H and O–H groups in total. The Morgan fingerprint density at radius 2 is 2.17 bits per heavy atom. The van der Waals surface area contributed by atoms with E-state index in [2.05, 4.69) is 5.32 Å². The van der Waals surface area contributed by atoms with E-state index < -0.39 is 0 Å². The predicted molar refractivity (Wildman–Crippen MR) is 69.7 cm³/mol. The van der Waals surface area contributed by atoms with Crippen LogP contribution < -0.4 is 10.1 Å². The fourth-order valence-electron chi connectivity index (χ4n) is 1.48. The molecule has 0 spiro atoms. The number of carbonyl (C=O) groups is 1. The van der Waals surface area contributed by atoms with Crippen molar-refractivity contribution in [1.29, 1.82) is 0 Å². The minimum absolute atomic E-state index is 0.103. The molecule has 0 aromatic heterocycles. The van der Waals surface area contributed by atoms with E-state index in [4.69, 9.17) is 4.74 Å². The molecule has 0 aliphatic carbocycles. The molecule has 5 heteroatoms. The third-order valence-electron chi connectivity index (χ3n) is 2.59. The topological polar surface area (TPSA) is 61.8 Å². The van der Waals surface area contributed by atoms with Crippen molar-refractivity contribution in [3.8, 4) is 11.5 Å². The molecule has 1 aromatic carbocycles. The highest BCUT2D eigenvalue weighted by Gasteiger charge is 2.04. The van der Waals surface area contributed by atoms with Gasteiger partial charge in [-0.3, -0.25) is 4.79 Å². The molecule has 5 nitrogen and oxygen atoms in total. The average Bonchev–Trinajstić information content (AvgIpc) is 2.35. The van der Waals surface area contributed by atoms with E-state index in [0.29, 0.717) is 25.3 Å². The third kappa shape index (κ3) is 4.25. The van der Waals surface area contributed by atoms with E-state index in [1.807, 2.05) is 6.07 Å². The molecule has 0 saturated heterocycles. The number of carbonyl (C=O) groups excluding carboxylic acids is 1. The monoisotopic (exact) mass is 252 g/mol. The molecule has 0 unspecified atom stereocenters. The van der Waals surface area contributed by atoms with Crippen LogP contribution in [0.3, 0.4) is 0 Å². The van der Waals surface area contributed by atoms with Crippen molar-refractivity contribution in [2.75, 3.05) is 27.7 Å². The van der Waals surface area contributed by atoms with Gasteiger partial charge in [0.25, 0.3) is 0 Å². The lowest BCUT2D eigenvalue weighted by atomic mass is 10.2. The lowest BCUT2D eigenvalue weighted by Gasteiger charge is -2.11. The fraction of sp³-hybridized carbons (Fsp3) is 0.462. The van der Waals surface area contributed by atoms with Gasteiger partial charge in [-0.05, 0) is 17.7 Å². The number of nitrogens with zero attached hydrogens (tertiary/aromatic N) is 1. The highest BCUT2D eigenvalue weighted by Crippen LogP contribution is 2.25. The van der Waals surface area contributed by atoms with Crippen molar-refractivity contribution in [2.24, 2.45) is 0 Å². The van der Waals surface area contributed by atoms with E-state index >= 15 is 0 Å². The van der Waals surface area contributed by atoms with Gasteiger partial charge in [-0.25, -0.2) is 0 Å². The number of hydrogen-bond acceptors (Lipinski definition) is 4. The summed E-state index contributed by atoms with van der Waals surface area (Å²) >= 11 is 0. The molecular formula is C13H20N2O3. The maximum Gasteiger partial charge on any atom is 0.223 e. The second-order valence-electron chi connectivity index (χ2n) is 4.22. The molecule has 0 bridgehead atoms. The fourth-order valence-corrected chi connectivity index (χ4v) is 1.48. The van der Waals surface area contributed by atoms with Crippen molar-refractivity contribution >= 4 is 5.91 Å². The van der Waals surface area contributed by atoms with Crippen LogP contribution in [-0.2, 0) is 11.3 Å². The zero-order chi connectivity index (χ0) is 13.5. The van der Waals surface area contributed by atoms with Gasteiger partial charge in [0.1, 0.15) is 0 Å². The number of hydrogen-bond donors (Lipinski definition) is 2. The average molecular weight is 252 g/mol. The van der Waals surface area contributed by atoms with Crippen LogP contribution in [0, 0.1) is 0 Å². The molecule has 0 fully saturated rings. The first kappa shape index (κ1) is 14.3. The number of benzene rings is 1. The van der Waals surface area contributed by atoms with Crippen LogP contribution in [0.5, 0.6) is 11.5 Å². The Bertz CT molecular complexity index is 405. The quantitative estimate of drug-likeness (QED) is 0.741. The first-order valence-electron chi connectivity index (χ1n) is 5.81. The number of phenolic OH excluding ortho intramolecular Hbond substituents is 1. The van der Waals surface area contributed by atoms with Gasteiger partial charge in [-0.2, -0.15) is 0 Å². The SMILES string of the molecule is COc1cc(CNCCC(=O)N(C)C)ccc1O. The van der Waals surface area contributed by atoms with E-state index in [9.17, 15) is 9.90 Å². The van der Waals surface area contributed by atoms with Crippen molar-refractivity contribution in [2.45, 2.75) is 13.0 Å². The number of rotatable bonds is 6. The summed E-state index contributed by atoms with van der Waals surface area (Å²) in [6, 6.07) is 5.19. The van der Waals surface area contributed by atoms with Crippen molar-refractivity contribution < 1.29 is 14.6 Å². The Morgan fingerprint density at radius 1 is 1.44 bits per heavy atom. The Morgan fingerprint density at radius 3 is 2.78 bits per heavy atom. The summed E-state index contributed by atoms with van der Waals surface area (Å²) in [7, 11) is 5.00. The second-order valence-corrected chi connectivity index (χ2v) is 4.22. The standard InChI is InChI=1S/C13H20N2O3/c1-15(2)13(17)6-7-14-9-10-4-5-11(16)12(8-10)18-3/h4-5,8,14,16H,6-7,9H2,1-3H3. The molecule has 0 aliphatic heterocycles. The van der Waals surface area contributed by atoms with Crippen LogP contribution in [0.15, 0.2) is 18.2 Å². The van der Waals surface area contributed by atoms with Gasteiger partial charge in [0.05, 0.1) is 7.11 Å². The molecule has 1 rings (SSSR count). The zero-order valence-electron chi connectivity index (χ0n) is 11.1. The summed E-state index contributed by atoms with van der Waals surface area (Å²) in [6.45, 7) is 1.26. The van der Waals surface area contributed by atoms with Crippen LogP contribution in [0.2, 0.25) is 0 Å². The van der Waals surface area contributed by atoms with Crippen LogP contribution in [0.1, 0.15) is 12.0 Å². The zero-order valence-corrected chi connectivity index (χ0v) is 11.1. The Balaban J connectivity index is 2.38. The van der Waals surface area contributed by atoms with Crippen LogP contribution in [0.25, 0.3) is 0 Å². The number of amides is 1. The van der Waals surface area contributed by atoms with Crippen LogP contribution in [-0.4, -0.2) is 43.7 Å². The second kappa shape index (κ2) is 6.86. The maximum atomic E-state index is 11.3. The minimum Gasteiger partial charge on any atom is -0.504 e. The number of methoxy groups -OCH3 is 1. The lowest BCUT2D eigenvalue weighted by Crippen LogP contribution is -2.26. The molecule has 0 atom stereocenters. The summed E-state index contributed by atoms with van der Waals surface area (Å²) < 4.78 is 5.02. The number of ether oxygens (including phenoxy) is 1. The third-order valence-corrected chi connectivity index (χ3v) is 2.59. The first-order chi connectivity index (χ1) is 8.54. The molecule has 1 aromatic rings. The van der Waals surface area contributed by atoms with Crippen LogP contribution in [0.4, 0.5) is 0 Å². The summed E-state index contributed by atoms with van der Waals surface area (Å²) in [5.41, 5.74) is 1.00. The predicted octanol–water partition coefficient (Wildman–Crippen LogP) is 0.969. The van der Waals surface area contributed by atoms with Gasteiger partial charge >= 0.3 is 0 Å². The van der Waals surface area contributed by atoms with E-state index in [-0.39, 0.29) is 11.7 Å². The smallest absolute Gasteiger partial charge is 0.223 e. The summed E-state index contributed by atoms with van der Waals surface area (Å²) in [4.78, 5) is 12.9. The highest BCUT2D eigenvalue weighted by molar-refractivity contribution is 5.75. The van der Waals surface area contributed by atoms with Crippen molar-refractivity contribution in [3.05, 3.63) is 23.8 Å². The van der Waals surface area contributed by atoms with E-state index in [0.717, 1.165) is 5.56 Å². The van der Waals surface area contributed by atoms with Gasteiger partial charge < -0.3 is 20.1 Å². The lowest BCUT2D eigenvalue weighted by molar-refractivity contribution is -0.128. The van der Waals surface area contributed by atoms with Crippen molar-refractivity contribution in [3.63, 3.8) is 0 Å². The molecule has 1 amide bonds. The van der Waals surface area contributed by atoms with Gasteiger partial charge in [0.2, 0.25) is 5.91 Å². The Kier molecular flexibility index (Phi) is 5.45. The number of aromatic hydroxyl groups is 1. The van der Waals surface area contributed by atoms with Gasteiger partial charge in [0, 0.05) is 33.6 Å². The molecular weight excluding hydrogens is 232 g/mol. The van der Waals surface area contributed by atoms with Gasteiger partial charge in [-0.1, -0.05) is 6.07 Å². The van der Waals surface area contributed by atoms with E-state index in [1.165, 1.54) is 7.11 Å². The maximum absolute atomic E-state index is 11.3.